The Hall–Kier alpha value is -4.90. The quantitative estimate of drug-likeness (QED) is 0.309. The van der Waals surface area contributed by atoms with Crippen LogP contribution in [-0.2, 0) is 6.54 Å². The predicted molar refractivity (Wildman–Crippen MR) is 147 cm³/mol. The third kappa shape index (κ3) is 2.59. The molecule has 1 aliphatic heterocycles. The lowest BCUT2D eigenvalue weighted by Crippen LogP contribution is -2.20. The van der Waals surface area contributed by atoms with Crippen molar-refractivity contribution < 1.29 is 0 Å². The van der Waals surface area contributed by atoms with Crippen LogP contribution in [0.15, 0.2) is 103 Å². The first-order valence-corrected chi connectivity index (χ1v) is 12.1. The summed E-state index contributed by atoms with van der Waals surface area (Å²) in [5.41, 5.74) is 8.86. The lowest BCUT2D eigenvalue weighted by molar-refractivity contribution is 0.835. The number of hydrogen-bond donors (Lipinski definition) is 1. The molecule has 3 aromatic carbocycles. The molecule has 0 saturated carbocycles. The van der Waals surface area contributed by atoms with Gasteiger partial charge < -0.3 is 5.32 Å². The van der Waals surface area contributed by atoms with Gasteiger partial charge in [0.25, 0.3) is 0 Å². The lowest BCUT2D eigenvalue weighted by atomic mass is 10.0. The van der Waals surface area contributed by atoms with E-state index in [0.717, 1.165) is 56.5 Å². The van der Waals surface area contributed by atoms with Gasteiger partial charge in [-0.1, -0.05) is 60.7 Å². The van der Waals surface area contributed by atoms with Gasteiger partial charge in [-0.3, -0.25) is 14.1 Å². The van der Waals surface area contributed by atoms with E-state index in [2.05, 4.69) is 99.4 Å². The molecule has 1 aliphatic rings. The second kappa shape index (κ2) is 7.30. The molecule has 0 atom stereocenters. The SMILES string of the molecule is C1=C(n2c3cccnc3c3cnc4c(c5ccccc5n4-c4ccccc4)c32)NCc2ccccc21. The number of nitrogens with zero attached hydrogens (tertiary/aromatic N) is 4. The Kier molecular flexibility index (Phi) is 3.93. The third-order valence-corrected chi connectivity index (χ3v) is 7.23. The molecule has 8 rings (SSSR count). The van der Waals surface area contributed by atoms with Crippen LogP contribution in [0, 0.1) is 0 Å². The van der Waals surface area contributed by atoms with E-state index in [4.69, 9.17) is 9.97 Å². The Balaban J connectivity index is 1.57. The Labute approximate surface area is 206 Å². The molecule has 5 nitrogen and oxygen atoms in total. The summed E-state index contributed by atoms with van der Waals surface area (Å²) in [6, 6.07) is 31.7. The van der Waals surface area contributed by atoms with Crippen LogP contribution in [0.25, 0.3) is 61.5 Å². The maximum atomic E-state index is 5.04. The maximum Gasteiger partial charge on any atom is 0.147 e. The fourth-order valence-corrected chi connectivity index (χ4v) is 5.67. The molecule has 0 aliphatic carbocycles. The number of nitrogens with one attached hydrogen (secondary N) is 1. The van der Waals surface area contributed by atoms with E-state index in [-0.39, 0.29) is 0 Å². The molecule has 0 bridgehead atoms. The molecule has 0 saturated heterocycles. The van der Waals surface area contributed by atoms with E-state index in [1.54, 1.807) is 0 Å². The summed E-state index contributed by atoms with van der Waals surface area (Å²) in [5.74, 6) is 1.05. The number of fused-ring (bicyclic) bond motifs is 8. The first kappa shape index (κ1) is 19.4. The van der Waals surface area contributed by atoms with Crippen molar-refractivity contribution in [2.75, 3.05) is 0 Å². The molecule has 4 aromatic heterocycles. The Bertz CT molecular complexity index is 1990. The zero-order valence-electron chi connectivity index (χ0n) is 19.4. The average molecular weight is 464 g/mol. The van der Waals surface area contributed by atoms with E-state index in [9.17, 15) is 0 Å². The van der Waals surface area contributed by atoms with Crippen molar-refractivity contribution in [2.24, 2.45) is 0 Å². The standard InChI is InChI=1S/C31H21N5/c1-2-11-22(12-3-1)35-25-14-7-6-13-23(25)28-30-24(19-34-31(28)35)29-26(15-8-16-32-29)36(30)27-17-20-9-4-5-10-21(20)18-33-27/h1-17,19,33H,18H2. The summed E-state index contributed by atoms with van der Waals surface area (Å²) in [6.07, 6.45) is 6.09. The first-order valence-electron chi connectivity index (χ1n) is 12.1. The minimum atomic E-state index is 0.781. The van der Waals surface area contributed by atoms with E-state index in [0.29, 0.717) is 0 Å². The van der Waals surface area contributed by atoms with Gasteiger partial charge >= 0.3 is 0 Å². The number of aromatic nitrogens is 4. The fraction of sp³-hybridized carbons (Fsp3) is 0.0323. The van der Waals surface area contributed by atoms with Gasteiger partial charge in [0.15, 0.2) is 0 Å². The van der Waals surface area contributed by atoms with Gasteiger partial charge in [0, 0.05) is 35.4 Å². The van der Waals surface area contributed by atoms with E-state index in [1.165, 1.54) is 16.5 Å². The molecule has 0 amide bonds. The number of hydrogen-bond acceptors (Lipinski definition) is 3. The highest BCUT2D eigenvalue weighted by Crippen LogP contribution is 2.40. The van der Waals surface area contributed by atoms with Crippen molar-refractivity contribution in [3.05, 3.63) is 115 Å². The van der Waals surface area contributed by atoms with Gasteiger partial charge in [-0.2, -0.15) is 0 Å². The highest BCUT2D eigenvalue weighted by atomic mass is 15.2. The van der Waals surface area contributed by atoms with Crippen molar-refractivity contribution in [1.82, 2.24) is 24.4 Å². The lowest BCUT2D eigenvalue weighted by Gasteiger charge is -2.21. The van der Waals surface area contributed by atoms with E-state index < -0.39 is 0 Å². The van der Waals surface area contributed by atoms with Gasteiger partial charge in [0.05, 0.1) is 27.5 Å². The van der Waals surface area contributed by atoms with Crippen LogP contribution in [-0.4, -0.2) is 19.1 Å². The summed E-state index contributed by atoms with van der Waals surface area (Å²) in [6.45, 7) is 0.781. The number of pyridine rings is 2. The van der Waals surface area contributed by atoms with Crippen molar-refractivity contribution in [2.45, 2.75) is 6.54 Å². The molecule has 0 unspecified atom stereocenters. The number of rotatable bonds is 2. The summed E-state index contributed by atoms with van der Waals surface area (Å²) in [7, 11) is 0. The summed E-state index contributed by atoms with van der Waals surface area (Å²) >= 11 is 0. The predicted octanol–water partition coefficient (Wildman–Crippen LogP) is 6.74. The van der Waals surface area contributed by atoms with E-state index in [1.807, 2.05) is 24.5 Å². The minimum Gasteiger partial charge on any atom is -0.367 e. The monoisotopic (exact) mass is 463 g/mol. The molecular weight excluding hydrogens is 442 g/mol. The van der Waals surface area contributed by atoms with Crippen LogP contribution >= 0.6 is 0 Å². The highest BCUT2D eigenvalue weighted by molar-refractivity contribution is 6.24. The zero-order valence-corrected chi connectivity index (χ0v) is 19.4. The van der Waals surface area contributed by atoms with Crippen LogP contribution in [0.2, 0.25) is 0 Å². The molecule has 170 valence electrons. The number of benzene rings is 3. The Morgan fingerprint density at radius 1 is 0.694 bits per heavy atom. The Morgan fingerprint density at radius 2 is 1.50 bits per heavy atom. The maximum absolute atomic E-state index is 5.04. The van der Waals surface area contributed by atoms with Gasteiger partial charge in [-0.05, 0) is 47.5 Å². The second-order valence-corrected chi connectivity index (χ2v) is 9.20. The molecule has 1 N–H and O–H groups in total. The van der Waals surface area contributed by atoms with Gasteiger partial charge in [-0.25, -0.2) is 4.98 Å². The third-order valence-electron chi connectivity index (χ3n) is 7.23. The minimum absolute atomic E-state index is 0.781. The van der Waals surface area contributed by atoms with Crippen LogP contribution in [0.5, 0.6) is 0 Å². The smallest absolute Gasteiger partial charge is 0.147 e. The summed E-state index contributed by atoms with van der Waals surface area (Å²) in [5, 5.41) is 7.04. The molecule has 36 heavy (non-hydrogen) atoms. The van der Waals surface area contributed by atoms with Crippen molar-refractivity contribution in [3.63, 3.8) is 0 Å². The van der Waals surface area contributed by atoms with Crippen molar-refractivity contribution in [3.8, 4) is 5.69 Å². The first-order chi connectivity index (χ1) is 17.9. The van der Waals surface area contributed by atoms with E-state index >= 15 is 0 Å². The fourth-order valence-electron chi connectivity index (χ4n) is 5.67. The molecule has 0 radical (unpaired) electrons. The largest absolute Gasteiger partial charge is 0.367 e. The van der Waals surface area contributed by atoms with Gasteiger partial charge in [-0.15, -0.1) is 0 Å². The van der Waals surface area contributed by atoms with Crippen molar-refractivity contribution >= 4 is 55.8 Å². The summed E-state index contributed by atoms with van der Waals surface area (Å²) < 4.78 is 4.59. The average Bonchev–Trinajstić information content (AvgIpc) is 3.46. The molecule has 7 aromatic rings. The van der Waals surface area contributed by atoms with Crippen LogP contribution < -0.4 is 5.32 Å². The zero-order chi connectivity index (χ0) is 23.6. The van der Waals surface area contributed by atoms with Gasteiger partial charge in [0.1, 0.15) is 11.5 Å². The normalized spacial score (nSPS) is 13.3. The molecule has 5 heteroatoms. The highest BCUT2D eigenvalue weighted by Gasteiger charge is 2.23. The topological polar surface area (TPSA) is 47.7 Å². The molecule has 5 heterocycles. The second-order valence-electron chi connectivity index (χ2n) is 9.20. The Morgan fingerprint density at radius 3 is 2.44 bits per heavy atom. The number of para-hydroxylation sites is 2. The molecular formula is C31H21N5. The van der Waals surface area contributed by atoms with Crippen LogP contribution in [0.4, 0.5) is 0 Å². The molecule has 0 fully saturated rings. The van der Waals surface area contributed by atoms with Gasteiger partial charge in [0.2, 0.25) is 0 Å². The molecule has 0 spiro atoms. The van der Waals surface area contributed by atoms with Crippen LogP contribution in [0.1, 0.15) is 11.1 Å². The summed E-state index contributed by atoms with van der Waals surface area (Å²) in [4.78, 5) is 9.84. The van der Waals surface area contributed by atoms with Crippen LogP contribution in [0.3, 0.4) is 0 Å². The van der Waals surface area contributed by atoms with Crippen molar-refractivity contribution in [1.29, 1.82) is 0 Å².